The highest BCUT2D eigenvalue weighted by atomic mass is 16.5. The van der Waals surface area contributed by atoms with Crippen LogP contribution in [0.2, 0.25) is 0 Å². The zero-order valence-corrected chi connectivity index (χ0v) is 16.1. The van der Waals surface area contributed by atoms with Gasteiger partial charge in [-0.2, -0.15) is 0 Å². The lowest BCUT2D eigenvalue weighted by Gasteiger charge is -2.14. The topological polar surface area (TPSA) is 66.0 Å². The molecule has 1 heterocycles. The lowest BCUT2D eigenvalue weighted by molar-refractivity contribution is 0.0950. The molecule has 0 radical (unpaired) electrons. The quantitative estimate of drug-likeness (QED) is 0.808. The predicted octanol–water partition coefficient (Wildman–Crippen LogP) is 3.36. The van der Waals surface area contributed by atoms with E-state index in [1.165, 1.54) is 0 Å². The van der Waals surface area contributed by atoms with E-state index < -0.39 is 0 Å². The first-order chi connectivity index (χ1) is 13.0. The van der Waals surface area contributed by atoms with Gasteiger partial charge in [0.15, 0.2) is 11.5 Å². The summed E-state index contributed by atoms with van der Waals surface area (Å²) >= 11 is 0. The summed E-state index contributed by atoms with van der Waals surface area (Å²) in [6.07, 6.45) is 1.03. The van der Waals surface area contributed by atoms with Gasteiger partial charge in [-0.3, -0.25) is 4.79 Å². The number of hydrogen-bond acceptors (Lipinski definition) is 5. The lowest BCUT2D eigenvalue weighted by Crippen LogP contribution is -2.23. The van der Waals surface area contributed by atoms with Crippen molar-refractivity contribution in [2.24, 2.45) is 0 Å². The summed E-state index contributed by atoms with van der Waals surface area (Å²) in [7, 11) is 3.10. The van der Waals surface area contributed by atoms with Crippen molar-refractivity contribution >= 4 is 5.91 Å². The molecule has 1 aliphatic rings. The minimum absolute atomic E-state index is 0.158. The second-order valence-electron chi connectivity index (χ2n) is 6.39. The molecule has 144 valence electrons. The number of nitrogens with one attached hydrogen (secondary N) is 1. The Labute approximate surface area is 159 Å². The van der Waals surface area contributed by atoms with Crippen LogP contribution in [0.1, 0.15) is 35.3 Å². The van der Waals surface area contributed by atoms with Crippen LogP contribution in [0.5, 0.6) is 23.0 Å². The summed E-state index contributed by atoms with van der Waals surface area (Å²) in [6, 6.07) is 9.04. The largest absolute Gasteiger partial charge is 0.494 e. The number of rotatable bonds is 7. The monoisotopic (exact) mass is 371 g/mol. The zero-order chi connectivity index (χ0) is 19.4. The fourth-order valence-electron chi connectivity index (χ4n) is 3.16. The molecule has 6 heteroatoms. The molecule has 0 saturated carbocycles. The average Bonchev–Trinajstić information content (AvgIpc) is 3.04. The average molecular weight is 371 g/mol. The Morgan fingerprint density at radius 3 is 2.63 bits per heavy atom. The number of methoxy groups -OCH3 is 2. The molecule has 0 bridgehead atoms. The second-order valence-corrected chi connectivity index (χ2v) is 6.39. The van der Waals surface area contributed by atoms with Gasteiger partial charge in [-0.15, -0.1) is 0 Å². The Kier molecular flexibility index (Phi) is 5.74. The molecular weight excluding hydrogens is 346 g/mol. The van der Waals surface area contributed by atoms with E-state index in [2.05, 4.69) is 5.32 Å². The molecule has 27 heavy (non-hydrogen) atoms. The fourth-order valence-corrected chi connectivity index (χ4v) is 3.16. The molecule has 1 atom stereocenters. The SMILES string of the molecule is CCOc1cc2c(cc1CNC(=O)c1ccc(OC)c(OC)c1)O[C@H](C)C2. The minimum atomic E-state index is -0.201. The van der Waals surface area contributed by atoms with E-state index in [4.69, 9.17) is 18.9 Å². The van der Waals surface area contributed by atoms with E-state index in [0.29, 0.717) is 30.2 Å². The van der Waals surface area contributed by atoms with Crippen LogP contribution in [-0.2, 0) is 13.0 Å². The third-order valence-electron chi connectivity index (χ3n) is 4.46. The number of amides is 1. The zero-order valence-electron chi connectivity index (χ0n) is 16.1. The number of fused-ring (bicyclic) bond motifs is 1. The highest BCUT2D eigenvalue weighted by molar-refractivity contribution is 5.94. The number of benzene rings is 2. The molecule has 0 saturated heterocycles. The first-order valence-electron chi connectivity index (χ1n) is 9.01. The Balaban J connectivity index is 1.76. The smallest absolute Gasteiger partial charge is 0.251 e. The van der Waals surface area contributed by atoms with Gasteiger partial charge in [-0.1, -0.05) is 0 Å². The Morgan fingerprint density at radius 2 is 1.93 bits per heavy atom. The fraction of sp³-hybridized carbons (Fsp3) is 0.381. The maximum absolute atomic E-state index is 12.6. The lowest BCUT2D eigenvalue weighted by atomic mass is 10.1. The summed E-state index contributed by atoms with van der Waals surface area (Å²) < 4.78 is 22.1. The van der Waals surface area contributed by atoms with E-state index in [1.807, 2.05) is 26.0 Å². The van der Waals surface area contributed by atoms with E-state index >= 15 is 0 Å². The van der Waals surface area contributed by atoms with Crippen molar-refractivity contribution in [3.8, 4) is 23.0 Å². The van der Waals surface area contributed by atoms with Crippen LogP contribution in [0.4, 0.5) is 0 Å². The molecule has 0 aromatic heterocycles. The van der Waals surface area contributed by atoms with Crippen LogP contribution in [-0.4, -0.2) is 32.8 Å². The second kappa shape index (κ2) is 8.20. The van der Waals surface area contributed by atoms with Crippen molar-refractivity contribution < 1.29 is 23.7 Å². The molecule has 2 aromatic rings. The van der Waals surface area contributed by atoms with Crippen molar-refractivity contribution in [2.45, 2.75) is 32.9 Å². The molecule has 3 rings (SSSR count). The maximum Gasteiger partial charge on any atom is 0.251 e. The molecular formula is C21H25NO5. The van der Waals surface area contributed by atoms with Gasteiger partial charge in [0.1, 0.15) is 17.6 Å². The van der Waals surface area contributed by atoms with Gasteiger partial charge < -0.3 is 24.3 Å². The molecule has 0 unspecified atom stereocenters. The third-order valence-corrected chi connectivity index (χ3v) is 4.46. The van der Waals surface area contributed by atoms with Crippen LogP contribution in [0.25, 0.3) is 0 Å². The van der Waals surface area contributed by atoms with E-state index in [-0.39, 0.29) is 12.0 Å². The predicted molar refractivity (Wildman–Crippen MR) is 102 cm³/mol. The molecule has 0 spiro atoms. The van der Waals surface area contributed by atoms with Crippen molar-refractivity contribution in [1.29, 1.82) is 0 Å². The molecule has 1 aliphatic heterocycles. The minimum Gasteiger partial charge on any atom is -0.494 e. The van der Waals surface area contributed by atoms with Gasteiger partial charge in [0.2, 0.25) is 0 Å². The highest BCUT2D eigenvalue weighted by Crippen LogP contribution is 2.35. The van der Waals surface area contributed by atoms with Crippen LogP contribution >= 0.6 is 0 Å². The van der Waals surface area contributed by atoms with Gasteiger partial charge in [0.25, 0.3) is 5.91 Å². The summed E-state index contributed by atoms with van der Waals surface area (Å²) in [4.78, 5) is 12.6. The van der Waals surface area contributed by atoms with E-state index in [1.54, 1.807) is 32.4 Å². The third kappa shape index (κ3) is 4.10. The van der Waals surface area contributed by atoms with Gasteiger partial charge in [0, 0.05) is 29.7 Å². The number of carbonyl (C=O) groups excluding carboxylic acids is 1. The van der Waals surface area contributed by atoms with E-state index in [0.717, 1.165) is 29.0 Å². The summed E-state index contributed by atoms with van der Waals surface area (Å²) in [5, 5.41) is 2.93. The summed E-state index contributed by atoms with van der Waals surface area (Å²) in [5.74, 6) is 2.54. The van der Waals surface area contributed by atoms with Crippen LogP contribution in [0.3, 0.4) is 0 Å². The van der Waals surface area contributed by atoms with Crippen LogP contribution in [0, 0.1) is 0 Å². The van der Waals surface area contributed by atoms with Crippen molar-refractivity contribution in [1.82, 2.24) is 5.32 Å². The Morgan fingerprint density at radius 1 is 1.15 bits per heavy atom. The molecule has 0 aliphatic carbocycles. The molecule has 1 amide bonds. The highest BCUT2D eigenvalue weighted by Gasteiger charge is 2.22. The first-order valence-corrected chi connectivity index (χ1v) is 9.01. The number of hydrogen-bond donors (Lipinski definition) is 1. The standard InChI is InChI=1S/C21H25NO5/c1-5-26-18-10-15-8-13(2)27-19(15)11-16(18)12-22-21(23)14-6-7-17(24-3)20(9-14)25-4/h6-7,9-11,13H,5,8,12H2,1-4H3,(H,22,23)/t13-/m1/s1. The molecule has 1 N–H and O–H groups in total. The Bertz CT molecular complexity index is 834. The van der Waals surface area contributed by atoms with Gasteiger partial charge in [-0.05, 0) is 44.2 Å². The van der Waals surface area contributed by atoms with Crippen molar-refractivity contribution in [2.75, 3.05) is 20.8 Å². The van der Waals surface area contributed by atoms with Crippen molar-refractivity contribution in [3.63, 3.8) is 0 Å². The summed E-state index contributed by atoms with van der Waals surface area (Å²) in [6.45, 7) is 4.89. The first kappa shape index (κ1) is 18.9. The molecule has 6 nitrogen and oxygen atoms in total. The van der Waals surface area contributed by atoms with Gasteiger partial charge in [-0.25, -0.2) is 0 Å². The van der Waals surface area contributed by atoms with Crippen LogP contribution in [0.15, 0.2) is 30.3 Å². The van der Waals surface area contributed by atoms with Gasteiger partial charge in [0.05, 0.1) is 20.8 Å². The Hall–Kier alpha value is -2.89. The van der Waals surface area contributed by atoms with Crippen LogP contribution < -0.4 is 24.3 Å². The van der Waals surface area contributed by atoms with E-state index in [9.17, 15) is 4.79 Å². The normalized spacial score (nSPS) is 14.9. The van der Waals surface area contributed by atoms with Crippen molar-refractivity contribution in [3.05, 3.63) is 47.0 Å². The molecule has 0 fully saturated rings. The number of ether oxygens (including phenoxy) is 4. The number of carbonyl (C=O) groups is 1. The summed E-state index contributed by atoms with van der Waals surface area (Å²) in [5.41, 5.74) is 2.52. The maximum atomic E-state index is 12.6. The molecule has 2 aromatic carbocycles. The van der Waals surface area contributed by atoms with Gasteiger partial charge >= 0.3 is 0 Å².